The Hall–Kier alpha value is -1.50. The van der Waals surface area contributed by atoms with Gasteiger partial charge in [0.05, 0.1) is 19.2 Å². The highest BCUT2D eigenvalue weighted by Crippen LogP contribution is 2.35. The highest BCUT2D eigenvalue weighted by molar-refractivity contribution is 7.07. The first-order valence-electron chi connectivity index (χ1n) is 5.92. The molecule has 0 bridgehead atoms. The predicted molar refractivity (Wildman–Crippen MR) is 80.0 cm³/mol. The number of halogens is 1. The standard InChI is InChI=1S/C13H15ClN2O3S/c1-18-11-4-8(3-10(14)12(11)19-2)5-15-6-9-7-20-13(17)16-9/h3-4,7,15H,5-6H2,1-2H3,(H,16,17). The number of aromatic amines is 1. The first-order chi connectivity index (χ1) is 9.63. The van der Waals surface area contributed by atoms with Gasteiger partial charge < -0.3 is 19.8 Å². The normalized spacial score (nSPS) is 10.6. The maximum absolute atomic E-state index is 11.0. The molecule has 108 valence electrons. The third kappa shape index (κ3) is 3.53. The number of hydrogen-bond donors (Lipinski definition) is 2. The molecule has 0 radical (unpaired) electrons. The van der Waals surface area contributed by atoms with Gasteiger partial charge >= 0.3 is 4.87 Å². The van der Waals surface area contributed by atoms with E-state index >= 15 is 0 Å². The zero-order chi connectivity index (χ0) is 14.5. The molecular weight excluding hydrogens is 300 g/mol. The maximum atomic E-state index is 11.0. The Morgan fingerprint density at radius 1 is 1.30 bits per heavy atom. The van der Waals surface area contributed by atoms with Crippen LogP contribution in [-0.2, 0) is 13.1 Å². The molecule has 20 heavy (non-hydrogen) atoms. The number of rotatable bonds is 6. The van der Waals surface area contributed by atoms with Crippen LogP contribution < -0.4 is 19.7 Å². The van der Waals surface area contributed by atoms with Crippen molar-refractivity contribution >= 4 is 22.9 Å². The van der Waals surface area contributed by atoms with Gasteiger partial charge in [-0.1, -0.05) is 22.9 Å². The summed E-state index contributed by atoms with van der Waals surface area (Å²) in [5.41, 5.74) is 1.84. The zero-order valence-corrected chi connectivity index (χ0v) is 12.7. The van der Waals surface area contributed by atoms with Gasteiger partial charge in [-0.2, -0.15) is 0 Å². The molecule has 0 amide bonds. The molecule has 1 aromatic heterocycles. The van der Waals surface area contributed by atoms with E-state index in [-0.39, 0.29) is 4.87 Å². The number of benzene rings is 1. The van der Waals surface area contributed by atoms with E-state index in [9.17, 15) is 4.79 Å². The Morgan fingerprint density at radius 2 is 2.10 bits per heavy atom. The molecule has 0 fully saturated rings. The van der Waals surface area contributed by atoms with Crippen LogP contribution in [-0.4, -0.2) is 19.2 Å². The second-order valence-corrected chi connectivity index (χ2v) is 5.34. The quantitative estimate of drug-likeness (QED) is 0.859. The minimum absolute atomic E-state index is 0.0454. The average molecular weight is 315 g/mol. The van der Waals surface area contributed by atoms with Crippen LogP contribution >= 0.6 is 22.9 Å². The van der Waals surface area contributed by atoms with Crippen molar-refractivity contribution in [1.82, 2.24) is 10.3 Å². The predicted octanol–water partition coefficient (Wildman–Crippen LogP) is 2.40. The smallest absolute Gasteiger partial charge is 0.304 e. The van der Waals surface area contributed by atoms with Crippen molar-refractivity contribution in [3.63, 3.8) is 0 Å². The summed E-state index contributed by atoms with van der Waals surface area (Å²) in [6.45, 7) is 1.20. The summed E-state index contributed by atoms with van der Waals surface area (Å²) < 4.78 is 10.4. The summed E-state index contributed by atoms with van der Waals surface area (Å²) in [7, 11) is 3.12. The monoisotopic (exact) mass is 314 g/mol. The van der Waals surface area contributed by atoms with Crippen molar-refractivity contribution in [3.05, 3.63) is 43.5 Å². The summed E-state index contributed by atoms with van der Waals surface area (Å²) >= 11 is 7.29. The number of methoxy groups -OCH3 is 2. The fourth-order valence-electron chi connectivity index (χ4n) is 1.82. The molecule has 1 aromatic carbocycles. The van der Waals surface area contributed by atoms with Crippen molar-refractivity contribution in [3.8, 4) is 11.5 Å². The summed E-state index contributed by atoms with van der Waals surface area (Å²) in [6.07, 6.45) is 0. The number of nitrogens with one attached hydrogen (secondary N) is 2. The molecular formula is C13H15ClN2O3S. The molecule has 2 N–H and O–H groups in total. The van der Waals surface area contributed by atoms with E-state index in [0.717, 1.165) is 22.6 Å². The fourth-order valence-corrected chi connectivity index (χ4v) is 2.71. The number of aromatic nitrogens is 1. The van der Waals surface area contributed by atoms with E-state index in [2.05, 4.69) is 10.3 Å². The SMILES string of the molecule is COc1cc(CNCc2csc(=O)[nH]2)cc(Cl)c1OC. The van der Waals surface area contributed by atoms with Gasteiger partial charge in [0.2, 0.25) is 0 Å². The van der Waals surface area contributed by atoms with Crippen LogP contribution in [0.5, 0.6) is 11.5 Å². The largest absolute Gasteiger partial charge is 0.493 e. The molecule has 0 atom stereocenters. The number of hydrogen-bond acceptors (Lipinski definition) is 5. The lowest BCUT2D eigenvalue weighted by molar-refractivity contribution is 0.354. The van der Waals surface area contributed by atoms with Crippen LogP contribution in [0.25, 0.3) is 0 Å². The van der Waals surface area contributed by atoms with Gasteiger partial charge in [0.25, 0.3) is 0 Å². The Labute approximate surface area is 125 Å². The van der Waals surface area contributed by atoms with E-state index in [1.165, 1.54) is 0 Å². The van der Waals surface area contributed by atoms with Crippen LogP contribution in [0, 0.1) is 0 Å². The molecule has 2 rings (SSSR count). The van der Waals surface area contributed by atoms with E-state index in [1.54, 1.807) is 19.6 Å². The molecule has 1 heterocycles. The van der Waals surface area contributed by atoms with E-state index in [1.807, 2.05) is 12.1 Å². The molecule has 5 nitrogen and oxygen atoms in total. The Kier molecular flexibility index (Phi) is 5.05. The molecule has 0 aliphatic heterocycles. The summed E-state index contributed by atoms with van der Waals surface area (Å²) in [6, 6.07) is 3.69. The lowest BCUT2D eigenvalue weighted by atomic mass is 10.2. The van der Waals surface area contributed by atoms with Crippen molar-refractivity contribution < 1.29 is 9.47 Å². The number of H-pyrrole nitrogens is 1. The van der Waals surface area contributed by atoms with E-state index in [4.69, 9.17) is 21.1 Å². The minimum Gasteiger partial charge on any atom is -0.493 e. The third-order valence-electron chi connectivity index (χ3n) is 2.71. The van der Waals surface area contributed by atoms with Gasteiger partial charge in [0, 0.05) is 24.2 Å². The molecule has 0 unspecified atom stereocenters. The van der Waals surface area contributed by atoms with Crippen LogP contribution in [0.3, 0.4) is 0 Å². The van der Waals surface area contributed by atoms with E-state index in [0.29, 0.717) is 29.6 Å². The molecule has 7 heteroatoms. The van der Waals surface area contributed by atoms with Gasteiger partial charge in [0.15, 0.2) is 11.5 Å². The zero-order valence-electron chi connectivity index (χ0n) is 11.2. The number of ether oxygens (including phenoxy) is 2. The molecule has 0 aliphatic carbocycles. The number of thiazole rings is 1. The lowest BCUT2D eigenvalue weighted by Crippen LogP contribution is -2.14. The molecule has 0 saturated carbocycles. The Balaban J connectivity index is 2.02. The maximum Gasteiger partial charge on any atom is 0.304 e. The summed E-state index contributed by atoms with van der Waals surface area (Å²) in [4.78, 5) is 13.7. The van der Waals surface area contributed by atoms with Crippen molar-refractivity contribution in [2.45, 2.75) is 13.1 Å². The van der Waals surface area contributed by atoms with Crippen LogP contribution in [0.1, 0.15) is 11.3 Å². The second kappa shape index (κ2) is 6.78. The summed E-state index contributed by atoms with van der Waals surface area (Å²) in [5.74, 6) is 1.13. The van der Waals surface area contributed by atoms with Crippen LogP contribution in [0.4, 0.5) is 0 Å². The van der Waals surface area contributed by atoms with Crippen molar-refractivity contribution in [2.24, 2.45) is 0 Å². The van der Waals surface area contributed by atoms with Crippen molar-refractivity contribution in [2.75, 3.05) is 14.2 Å². The van der Waals surface area contributed by atoms with Crippen molar-refractivity contribution in [1.29, 1.82) is 0 Å². The Morgan fingerprint density at radius 3 is 2.70 bits per heavy atom. The molecule has 0 saturated heterocycles. The van der Waals surface area contributed by atoms with Gasteiger partial charge in [-0.3, -0.25) is 4.79 Å². The van der Waals surface area contributed by atoms with Gasteiger partial charge in [-0.05, 0) is 17.7 Å². The lowest BCUT2D eigenvalue weighted by Gasteiger charge is -2.12. The molecule has 0 aliphatic rings. The first-order valence-corrected chi connectivity index (χ1v) is 7.17. The Bertz CT molecular complexity index is 639. The first kappa shape index (κ1) is 14.9. The van der Waals surface area contributed by atoms with Gasteiger partial charge in [-0.25, -0.2) is 0 Å². The fraction of sp³-hybridized carbons (Fsp3) is 0.308. The van der Waals surface area contributed by atoms with E-state index < -0.39 is 0 Å². The minimum atomic E-state index is -0.0454. The molecule has 2 aromatic rings. The topological polar surface area (TPSA) is 63.3 Å². The average Bonchev–Trinajstić information content (AvgIpc) is 2.83. The summed E-state index contributed by atoms with van der Waals surface area (Å²) in [5, 5.41) is 5.54. The highest BCUT2D eigenvalue weighted by atomic mass is 35.5. The van der Waals surface area contributed by atoms with Gasteiger partial charge in [0.1, 0.15) is 0 Å². The second-order valence-electron chi connectivity index (χ2n) is 4.09. The highest BCUT2D eigenvalue weighted by Gasteiger charge is 2.10. The van der Waals surface area contributed by atoms with Gasteiger partial charge in [-0.15, -0.1) is 0 Å². The molecule has 0 spiro atoms. The van der Waals surface area contributed by atoms with Crippen LogP contribution in [0.2, 0.25) is 5.02 Å². The third-order valence-corrected chi connectivity index (χ3v) is 3.71. The van der Waals surface area contributed by atoms with Crippen LogP contribution in [0.15, 0.2) is 22.3 Å².